The molecule has 5 nitrogen and oxygen atoms in total. The van der Waals surface area contributed by atoms with Gasteiger partial charge in [-0.25, -0.2) is 4.99 Å². The number of rotatable bonds is 5. The second-order valence-corrected chi connectivity index (χ2v) is 8.60. The molecule has 1 aliphatic carbocycles. The van der Waals surface area contributed by atoms with E-state index >= 15 is 0 Å². The lowest BCUT2D eigenvalue weighted by Crippen LogP contribution is -2.26. The number of hydrogen-bond acceptors (Lipinski definition) is 4. The first-order chi connectivity index (χ1) is 13.6. The summed E-state index contributed by atoms with van der Waals surface area (Å²) in [6, 6.07) is 4.75. The van der Waals surface area contributed by atoms with Crippen LogP contribution in [0.2, 0.25) is 0 Å². The van der Waals surface area contributed by atoms with Gasteiger partial charge in [0, 0.05) is 53.6 Å². The normalized spacial score (nSPS) is 22.0. The van der Waals surface area contributed by atoms with E-state index in [0.29, 0.717) is 12.6 Å². The monoisotopic (exact) mass is 444 g/mol. The van der Waals surface area contributed by atoms with Crippen LogP contribution in [0.5, 0.6) is 5.75 Å². The Balaban J connectivity index is 1.53. The van der Waals surface area contributed by atoms with Gasteiger partial charge in [0.05, 0.1) is 0 Å². The summed E-state index contributed by atoms with van der Waals surface area (Å²) < 4.78 is 9.84. The van der Waals surface area contributed by atoms with E-state index in [0.717, 1.165) is 60.4 Å². The molecule has 2 aliphatic rings. The summed E-state index contributed by atoms with van der Waals surface area (Å²) in [7, 11) is 0. The van der Waals surface area contributed by atoms with E-state index in [4.69, 9.17) is 10.5 Å². The van der Waals surface area contributed by atoms with Gasteiger partial charge in [-0.15, -0.1) is 0 Å². The third-order valence-corrected chi connectivity index (χ3v) is 6.71. The molecular formula is C22H29BrN4O. The number of aromatic nitrogens is 1. The molecule has 0 radical (unpaired) electrons. The Labute approximate surface area is 175 Å². The summed E-state index contributed by atoms with van der Waals surface area (Å²) in [5.74, 6) is 2.03. The molecule has 3 N–H and O–H groups in total. The molecule has 150 valence electrons. The third-order valence-electron chi connectivity index (χ3n) is 6.03. The van der Waals surface area contributed by atoms with Crippen molar-refractivity contribution in [3.63, 3.8) is 0 Å². The SMILES string of the molecule is CC=Nc1c(CN)c(Br)cn1C1CCC(Oc2ccc(C)c3c2CNCC3)C1. The smallest absolute Gasteiger partial charge is 0.138 e. The summed E-state index contributed by atoms with van der Waals surface area (Å²) in [6.45, 7) is 6.59. The maximum atomic E-state index is 6.52. The number of halogens is 1. The molecule has 1 aromatic carbocycles. The van der Waals surface area contributed by atoms with Gasteiger partial charge in [-0.1, -0.05) is 6.07 Å². The van der Waals surface area contributed by atoms with Crippen molar-refractivity contribution < 1.29 is 4.74 Å². The van der Waals surface area contributed by atoms with Crippen molar-refractivity contribution in [1.82, 2.24) is 9.88 Å². The van der Waals surface area contributed by atoms with Crippen LogP contribution < -0.4 is 15.8 Å². The number of hydrogen-bond donors (Lipinski definition) is 2. The standard InChI is InChI=1S/C22H29BrN4O/c1-3-26-22-18(11-24)20(23)13-27(22)15-5-6-16(10-15)28-21-7-4-14(2)17-8-9-25-12-19(17)21/h3-4,7,13,15-16,25H,5-6,8-12,24H2,1-2H3. The maximum absolute atomic E-state index is 6.52. The lowest BCUT2D eigenvalue weighted by atomic mass is 9.95. The molecule has 28 heavy (non-hydrogen) atoms. The van der Waals surface area contributed by atoms with Crippen molar-refractivity contribution >= 4 is 28.0 Å². The summed E-state index contributed by atoms with van der Waals surface area (Å²) in [6.07, 6.45) is 8.44. The van der Waals surface area contributed by atoms with Crippen molar-refractivity contribution in [1.29, 1.82) is 0 Å². The molecule has 1 aromatic heterocycles. The largest absolute Gasteiger partial charge is 0.490 e. The predicted molar refractivity (Wildman–Crippen MR) is 118 cm³/mol. The highest BCUT2D eigenvalue weighted by Gasteiger charge is 2.30. The lowest BCUT2D eigenvalue weighted by Gasteiger charge is -2.24. The number of nitrogens with zero attached hydrogens (tertiary/aromatic N) is 2. The molecule has 2 aromatic rings. The van der Waals surface area contributed by atoms with Crippen molar-refractivity contribution in [2.75, 3.05) is 6.54 Å². The minimum atomic E-state index is 0.236. The summed E-state index contributed by atoms with van der Waals surface area (Å²) in [5.41, 5.74) is 11.2. The summed E-state index contributed by atoms with van der Waals surface area (Å²) in [5, 5.41) is 3.49. The lowest BCUT2D eigenvalue weighted by molar-refractivity contribution is 0.201. The first-order valence-corrected chi connectivity index (χ1v) is 11.0. The van der Waals surface area contributed by atoms with Crippen molar-refractivity contribution in [2.24, 2.45) is 10.7 Å². The second kappa shape index (κ2) is 8.39. The molecule has 2 heterocycles. The molecular weight excluding hydrogens is 416 g/mol. The molecule has 1 fully saturated rings. The van der Waals surface area contributed by atoms with E-state index in [1.165, 1.54) is 16.7 Å². The second-order valence-electron chi connectivity index (χ2n) is 7.75. The number of fused-ring (bicyclic) bond motifs is 1. The zero-order chi connectivity index (χ0) is 19.7. The first kappa shape index (κ1) is 19.7. The van der Waals surface area contributed by atoms with E-state index in [-0.39, 0.29) is 6.10 Å². The highest BCUT2D eigenvalue weighted by Crippen LogP contribution is 2.40. The molecule has 6 heteroatoms. The molecule has 4 rings (SSSR count). The van der Waals surface area contributed by atoms with E-state index < -0.39 is 0 Å². The van der Waals surface area contributed by atoms with Crippen LogP contribution in [0, 0.1) is 6.92 Å². The van der Waals surface area contributed by atoms with Crippen molar-refractivity contribution in [3.05, 3.63) is 45.1 Å². The zero-order valence-electron chi connectivity index (χ0n) is 16.7. The van der Waals surface area contributed by atoms with Crippen LogP contribution >= 0.6 is 15.9 Å². The minimum Gasteiger partial charge on any atom is -0.490 e. The maximum Gasteiger partial charge on any atom is 0.138 e. The molecule has 1 aliphatic heterocycles. The van der Waals surface area contributed by atoms with E-state index in [1.54, 1.807) is 0 Å². The highest BCUT2D eigenvalue weighted by molar-refractivity contribution is 9.10. The van der Waals surface area contributed by atoms with Gasteiger partial charge >= 0.3 is 0 Å². The molecule has 0 bridgehead atoms. The van der Waals surface area contributed by atoms with Gasteiger partial charge in [0.1, 0.15) is 17.7 Å². The van der Waals surface area contributed by atoms with Gasteiger partial charge < -0.3 is 20.4 Å². The molecule has 0 amide bonds. The molecule has 1 saturated carbocycles. The topological polar surface area (TPSA) is 64.6 Å². The number of aryl methyl sites for hydroxylation is 1. The quantitative estimate of drug-likeness (QED) is 0.664. The first-order valence-electron chi connectivity index (χ1n) is 10.2. The molecule has 0 saturated heterocycles. The number of benzene rings is 1. The zero-order valence-corrected chi connectivity index (χ0v) is 18.3. The number of nitrogens with one attached hydrogen (secondary N) is 1. The van der Waals surface area contributed by atoms with Crippen LogP contribution in [0.15, 0.2) is 27.8 Å². The summed E-state index contributed by atoms with van der Waals surface area (Å²) in [4.78, 5) is 4.60. The summed E-state index contributed by atoms with van der Waals surface area (Å²) >= 11 is 3.65. The fourth-order valence-electron chi connectivity index (χ4n) is 4.58. The van der Waals surface area contributed by atoms with Gasteiger partial charge in [0.25, 0.3) is 0 Å². The van der Waals surface area contributed by atoms with Crippen molar-refractivity contribution in [2.45, 2.75) is 64.8 Å². The minimum absolute atomic E-state index is 0.236. The molecule has 0 spiro atoms. The Morgan fingerprint density at radius 1 is 1.36 bits per heavy atom. The Hall–Kier alpha value is -1.63. The average Bonchev–Trinajstić information content (AvgIpc) is 3.28. The van der Waals surface area contributed by atoms with E-state index in [9.17, 15) is 0 Å². The van der Waals surface area contributed by atoms with Crippen LogP contribution in [0.1, 0.15) is 54.5 Å². The van der Waals surface area contributed by atoms with Crippen LogP contribution in [0.4, 0.5) is 5.82 Å². The third kappa shape index (κ3) is 3.65. The van der Waals surface area contributed by atoms with Gasteiger partial charge in [-0.2, -0.15) is 0 Å². The van der Waals surface area contributed by atoms with Gasteiger partial charge in [0.15, 0.2) is 0 Å². The average molecular weight is 445 g/mol. The molecule has 2 unspecified atom stereocenters. The van der Waals surface area contributed by atoms with Gasteiger partial charge in [0.2, 0.25) is 0 Å². The number of aliphatic imine (C=N–C) groups is 1. The van der Waals surface area contributed by atoms with Crippen LogP contribution in [0.25, 0.3) is 0 Å². The molecule has 2 atom stereocenters. The van der Waals surface area contributed by atoms with Crippen LogP contribution in [-0.2, 0) is 19.5 Å². The van der Waals surface area contributed by atoms with Crippen molar-refractivity contribution in [3.8, 4) is 5.75 Å². The Bertz CT molecular complexity index is 889. The predicted octanol–water partition coefficient (Wildman–Crippen LogP) is 4.56. The van der Waals surface area contributed by atoms with E-state index in [2.05, 4.69) is 56.1 Å². The number of ether oxygens (including phenoxy) is 1. The highest BCUT2D eigenvalue weighted by atomic mass is 79.9. The fraction of sp³-hybridized carbons (Fsp3) is 0.500. The van der Waals surface area contributed by atoms with Gasteiger partial charge in [-0.05, 0) is 72.8 Å². The van der Waals surface area contributed by atoms with Gasteiger partial charge in [-0.3, -0.25) is 0 Å². The van der Waals surface area contributed by atoms with Crippen LogP contribution in [-0.4, -0.2) is 23.4 Å². The number of nitrogens with two attached hydrogens (primary N) is 1. The Morgan fingerprint density at radius 3 is 3.00 bits per heavy atom. The fourth-order valence-corrected chi connectivity index (χ4v) is 5.14. The van der Waals surface area contributed by atoms with Crippen LogP contribution in [0.3, 0.4) is 0 Å². The van der Waals surface area contributed by atoms with E-state index in [1.807, 2.05) is 13.1 Å². The Morgan fingerprint density at radius 2 is 2.21 bits per heavy atom. The Kier molecular flexibility index (Phi) is 5.90.